The summed E-state index contributed by atoms with van der Waals surface area (Å²) in [5.41, 5.74) is 8.22. The normalized spacial score (nSPS) is 24.4. The Kier molecular flexibility index (Phi) is 6.47. The lowest BCUT2D eigenvalue weighted by Crippen LogP contribution is -2.36. The number of phenolic OH excluding ortho intramolecular Hbond substituents is 1. The van der Waals surface area contributed by atoms with Gasteiger partial charge in [0.2, 0.25) is 12.5 Å². The van der Waals surface area contributed by atoms with Crippen molar-refractivity contribution >= 4 is 18.4 Å². The Morgan fingerprint density at radius 2 is 1.67 bits per heavy atom. The summed E-state index contributed by atoms with van der Waals surface area (Å²) in [4.78, 5) is 13.0. The summed E-state index contributed by atoms with van der Waals surface area (Å²) < 4.78 is 33.6. The van der Waals surface area contributed by atoms with Crippen molar-refractivity contribution in [1.82, 2.24) is 0 Å². The van der Waals surface area contributed by atoms with Gasteiger partial charge in [-0.15, -0.1) is 12.4 Å². The minimum atomic E-state index is -0.496. The molecule has 2 heterocycles. The van der Waals surface area contributed by atoms with Crippen molar-refractivity contribution < 1.29 is 38.3 Å². The molecule has 3 aliphatic rings. The number of nitrogens with two attached hydrogens (primary N) is 1. The second kappa shape index (κ2) is 9.17. The molecular formula is C23H26ClNO8. The van der Waals surface area contributed by atoms with Crippen molar-refractivity contribution in [2.45, 2.75) is 12.0 Å². The zero-order valence-electron chi connectivity index (χ0n) is 18.2. The monoisotopic (exact) mass is 479 g/mol. The van der Waals surface area contributed by atoms with Crippen LogP contribution in [-0.2, 0) is 14.3 Å². The molecule has 2 aromatic rings. The van der Waals surface area contributed by atoms with Gasteiger partial charge < -0.3 is 39.3 Å². The van der Waals surface area contributed by atoms with Gasteiger partial charge in [-0.3, -0.25) is 4.79 Å². The minimum Gasteiger partial charge on any atom is -0.502 e. The first-order valence-electron chi connectivity index (χ1n) is 10.4. The summed E-state index contributed by atoms with van der Waals surface area (Å²) in [5, 5.41) is 10.4. The molecule has 9 nitrogen and oxygen atoms in total. The molecular weight excluding hydrogens is 454 g/mol. The number of fused-ring (bicyclic) bond motifs is 3. The highest BCUT2D eigenvalue weighted by Gasteiger charge is 2.53. The lowest BCUT2D eigenvalue weighted by atomic mass is 9.66. The van der Waals surface area contributed by atoms with E-state index in [1.54, 1.807) is 12.1 Å². The van der Waals surface area contributed by atoms with Crippen LogP contribution in [-0.4, -0.2) is 51.8 Å². The van der Waals surface area contributed by atoms with E-state index in [9.17, 15) is 9.90 Å². The maximum atomic E-state index is 13.0. The number of rotatable bonds is 6. The van der Waals surface area contributed by atoms with Crippen molar-refractivity contribution in [3.63, 3.8) is 0 Å². The van der Waals surface area contributed by atoms with Crippen molar-refractivity contribution in [3.05, 3.63) is 41.0 Å². The van der Waals surface area contributed by atoms with E-state index >= 15 is 0 Å². The first-order valence-corrected chi connectivity index (χ1v) is 10.4. The van der Waals surface area contributed by atoms with E-state index in [2.05, 4.69) is 0 Å². The molecule has 0 saturated carbocycles. The molecule has 0 aromatic heterocycles. The molecule has 1 saturated heterocycles. The van der Waals surface area contributed by atoms with Crippen LogP contribution >= 0.6 is 12.4 Å². The first kappa shape index (κ1) is 23.3. The molecule has 0 bridgehead atoms. The van der Waals surface area contributed by atoms with Crippen LogP contribution in [0.3, 0.4) is 0 Å². The van der Waals surface area contributed by atoms with Crippen LogP contribution in [0.5, 0.6) is 28.7 Å². The zero-order chi connectivity index (χ0) is 22.4. The highest BCUT2D eigenvalue weighted by atomic mass is 35.5. The first-order chi connectivity index (χ1) is 15.6. The van der Waals surface area contributed by atoms with E-state index in [-0.39, 0.29) is 67.0 Å². The third kappa shape index (κ3) is 3.70. The number of ether oxygens (including phenoxy) is 6. The molecule has 2 aromatic carbocycles. The molecule has 1 aliphatic carbocycles. The number of carbonyl (C=O) groups is 1. The average Bonchev–Trinajstić information content (AvgIpc) is 3.42. The lowest BCUT2D eigenvalue weighted by molar-refractivity contribution is -0.141. The standard InChI is InChI=1S/C23H25NO8.ClH/c1-27-17-5-11(6-18(28-2)21(17)25)19-12-7-15-16(32-10-31-15)8-13(12)22(29-4-3-24)14-9-30-23(26)20(14)19;/h5-8,14,19-20,22,25H,3-4,9-10,24H2,1-2H3;1H. The van der Waals surface area contributed by atoms with Crippen LogP contribution in [0.4, 0.5) is 0 Å². The molecule has 4 unspecified atom stereocenters. The number of esters is 1. The number of cyclic esters (lactones) is 1. The van der Waals surface area contributed by atoms with Gasteiger partial charge in [-0.2, -0.15) is 0 Å². The molecule has 33 heavy (non-hydrogen) atoms. The van der Waals surface area contributed by atoms with E-state index in [1.165, 1.54) is 14.2 Å². The minimum absolute atomic E-state index is 0. The second-order valence-corrected chi connectivity index (χ2v) is 7.99. The predicted octanol–water partition coefficient (Wildman–Crippen LogP) is 2.51. The molecule has 10 heteroatoms. The van der Waals surface area contributed by atoms with E-state index in [1.807, 2.05) is 12.1 Å². The van der Waals surface area contributed by atoms with Gasteiger partial charge in [0, 0.05) is 18.4 Å². The maximum absolute atomic E-state index is 13.0. The van der Waals surface area contributed by atoms with Gasteiger partial charge in [-0.05, 0) is 41.0 Å². The topological polar surface area (TPSA) is 119 Å². The number of hydrogen-bond acceptors (Lipinski definition) is 9. The molecule has 1 fully saturated rings. The van der Waals surface area contributed by atoms with Crippen molar-refractivity contribution in [2.75, 3.05) is 40.8 Å². The number of phenols is 1. The Labute approximate surface area is 197 Å². The third-order valence-corrected chi connectivity index (χ3v) is 6.40. The van der Waals surface area contributed by atoms with Crippen LogP contribution in [0.15, 0.2) is 24.3 Å². The van der Waals surface area contributed by atoms with Crippen LogP contribution < -0.4 is 24.7 Å². The van der Waals surface area contributed by atoms with E-state index in [0.717, 1.165) is 16.7 Å². The summed E-state index contributed by atoms with van der Waals surface area (Å²) in [5.74, 6) is 0.258. The highest BCUT2D eigenvalue weighted by molar-refractivity contribution is 5.85. The molecule has 4 atom stereocenters. The Hall–Kier alpha value is -2.88. The third-order valence-electron chi connectivity index (χ3n) is 6.40. The van der Waals surface area contributed by atoms with Crippen molar-refractivity contribution in [3.8, 4) is 28.7 Å². The van der Waals surface area contributed by atoms with Gasteiger partial charge in [0.15, 0.2) is 23.0 Å². The summed E-state index contributed by atoms with van der Waals surface area (Å²) in [6, 6.07) is 7.26. The number of aromatic hydroxyl groups is 1. The number of carbonyl (C=O) groups excluding carboxylic acids is 1. The smallest absolute Gasteiger partial charge is 0.310 e. The molecule has 0 spiro atoms. The fraction of sp³-hybridized carbons (Fsp3) is 0.435. The lowest BCUT2D eigenvalue weighted by Gasteiger charge is -2.39. The SMILES string of the molecule is COc1cc(C2c3cc4c(cc3C(OCCN)C3COC(=O)C23)OCO4)cc(OC)c1O.Cl. The van der Waals surface area contributed by atoms with Crippen LogP contribution in [0.25, 0.3) is 0 Å². The van der Waals surface area contributed by atoms with Gasteiger partial charge in [0.25, 0.3) is 0 Å². The fourth-order valence-corrected chi connectivity index (χ4v) is 5.01. The molecule has 0 radical (unpaired) electrons. The summed E-state index contributed by atoms with van der Waals surface area (Å²) in [7, 11) is 2.93. The number of benzene rings is 2. The molecule has 3 N–H and O–H groups in total. The predicted molar refractivity (Wildman–Crippen MR) is 119 cm³/mol. The van der Waals surface area contributed by atoms with Crippen molar-refractivity contribution in [2.24, 2.45) is 17.6 Å². The Balaban J connectivity index is 0.00000259. The summed E-state index contributed by atoms with van der Waals surface area (Å²) in [6.45, 7) is 1.09. The average molecular weight is 480 g/mol. The Morgan fingerprint density at radius 3 is 2.27 bits per heavy atom. The molecule has 0 amide bonds. The number of hydrogen-bond donors (Lipinski definition) is 2. The Morgan fingerprint density at radius 1 is 1.03 bits per heavy atom. The zero-order valence-corrected chi connectivity index (χ0v) is 19.1. The van der Waals surface area contributed by atoms with Gasteiger partial charge in [-0.1, -0.05) is 0 Å². The second-order valence-electron chi connectivity index (χ2n) is 7.99. The Bertz CT molecular complexity index is 1040. The van der Waals surface area contributed by atoms with E-state index in [4.69, 9.17) is 34.2 Å². The fourth-order valence-electron chi connectivity index (χ4n) is 5.01. The summed E-state index contributed by atoms with van der Waals surface area (Å²) in [6.07, 6.45) is -0.378. The van der Waals surface area contributed by atoms with E-state index < -0.39 is 5.92 Å². The van der Waals surface area contributed by atoms with Crippen LogP contribution in [0, 0.1) is 11.8 Å². The van der Waals surface area contributed by atoms with Gasteiger partial charge in [0.1, 0.15) is 0 Å². The number of halogens is 1. The van der Waals surface area contributed by atoms with Gasteiger partial charge in [-0.25, -0.2) is 0 Å². The van der Waals surface area contributed by atoms with Crippen LogP contribution in [0.2, 0.25) is 0 Å². The van der Waals surface area contributed by atoms with Gasteiger partial charge >= 0.3 is 5.97 Å². The maximum Gasteiger partial charge on any atom is 0.310 e. The largest absolute Gasteiger partial charge is 0.502 e. The molecule has 178 valence electrons. The number of methoxy groups -OCH3 is 2. The van der Waals surface area contributed by atoms with E-state index in [0.29, 0.717) is 24.7 Å². The van der Waals surface area contributed by atoms with Crippen molar-refractivity contribution in [1.29, 1.82) is 0 Å². The molecule has 5 rings (SSSR count). The molecule has 2 aliphatic heterocycles. The summed E-state index contributed by atoms with van der Waals surface area (Å²) >= 11 is 0. The quantitative estimate of drug-likeness (QED) is 0.602. The van der Waals surface area contributed by atoms with Crippen LogP contribution in [0.1, 0.15) is 28.7 Å². The van der Waals surface area contributed by atoms with Gasteiger partial charge in [0.05, 0.1) is 39.5 Å². The highest BCUT2D eigenvalue weighted by Crippen LogP contribution is 2.56.